The third kappa shape index (κ3) is 1.69. The number of benzene rings is 1. The minimum Gasteiger partial charge on any atom is -0.398 e. The second-order valence-electron chi connectivity index (χ2n) is 2.53. The Hall–Kier alpha value is -0.770. The Kier molecular flexibility index (Phi) is 2.92. The van der Waals surface area contributed by atoms with Crippen LogP contribution in [0.15, 0.2) is 18.2 Å². The molecule has 0 heterocycles. The first-order chi connectivity index (χ1) is 5.66. The number of hydrogen-bond acceptors (Lipinski definition) is 3. The highest BCUT2D eigenvalue weighted by Gasteiger charge is 2.11. The van der Waals surface area contributed by atoms with Gasteiger partial charge < -0.3 is 16.6 Å². The van der Waals surface area contributed by atoms with Crippen molar-refractivity contribution < 1.29 is 5.11 Å². The first-order valence-electron chi connectivity index (χ1n) is 3.57. The number of nitrogen functional groups attached to an aromatic ring is 1. The lowest BCUT2D eigenvalue weighted by atomic mass is 10.1. The van der Waals surface area contributed by atoms with Crippen LogP contribution in [0.1, 0.15) is 11.6 Å². The van der Waals surface area contributed by atoms with Crippen LogP contribution in [0.4, 0.5) is 5.69 Å². The molecule has 0 fully saturated rings. The van der Waals surface area contributed by atoms with Crippen molar-refractivity contribution >= 4 is 17.3 Å². The number of halogens is 1. The first-order valence-corrected chi connectivity index (χ1v) is 3.95. The number of nitrogens with two attached hydrogens (primary N) is 2. The lowest BCUT2D eigenvalue weighted by Crippen LogP contribution is -2.16. The molecule has 0 aliphatic carbocycles. The summed E-state index contributed by atoms with van der Waals surface area (Å²) in [5.41, 5.74) is 12.3. The molecule has 5 N–H and O–H groups in total. The molecule has 1 atom stereocenters. The van der Waals surface area contributed by atoms with E-state index in [1.54, 1.807) is 18.2 Å². The van der Waals surface area contributed by atoms with Gasteiger partial charge in [-0.3, -0.25) is 0 Å². The average Bonchev–Trinajstić information content (AvgIpc) is 2.03. The smallest absolute Gasteiger partial charge is 0.0625 e. The zero-order chi connectivity index (χ0) is 9.14. The zero-order valence-corrected chi connectivity index (χ0v) is 7.25. The van der Waals surface area contributed by atoms with Crippen molar-refractivity contribution in [3.8, 4) is 0 Å². The summed E-state index contributed by atoms with van der Waals surface area (Å²) in [4.78, 5) is 0. The maximum Gasteiger partial charge on any atom is 0.0625 e. The van der Waals surface area contributed by atoms with Gasteiger partial charge in [0.25, 0.3) is 0 Å². The molecule has 0 saturated carbocycles. The van der Waals surface area contributed by atoms with Crippen LogP contribution in [-0.4, -0.2) is 11.7 Å². The van der Waals surface area contributed by atoms with Gasteiger partial charge in [0.05, 0.1) is 12.6 Å². The molecule has 0 bridgehead atoms. The van der Waals surface area contributed by atoms with E-state index < -0.39 is 6.04 Å². The second-order valence-corrected chi connectivity index (χ2v) is 2.94. The molecule has 0 aromatic heterocycles. The summed E-state index contributed by atoms with van der Waals surface area (Å²) in [6, 6.07) is 4.64. The lowest BCUT2D eigenvalue weighted by molar-refractivity contribution is 0.268. The van der Waals surface area contributed by atoms with Crippen LogP contribution in [0.3, 0.4) is 0 Å². The van der Waals surface area contributed by atoms with Crippen LogP contribution >= 0.6 is 11.6 Å². The fourth-order valence-electron chi connectivity index (χ4n) is 1.04. The molecule has 1 rings (SSSR count). The van der Waals surface area contributed by atoms with E-state index in [2.05, 4.69) is 0 Å². The van der Waals surface area contributed by atoms with E-state index in [-0.39, 0.29) is 6.61 Å². The Labute approximate surface area is 75.9 Å². The van der Waals surface area contributed by atoms with Crippen molar-refractivity contribution in [3.05, 3.63) is 28.8 Å². The van der Waals surface area contributed by atoms with Crippen molar-refractivity contribution in [1.29, 1.82) is 0 Å². The molecule has 1 aromatic carbocycles. The van der Waals surface area contributed by atoms with Gasteiger partial charge in [0.1, 0.15) is 0 Å². The van der Waals surface area contributed by atoms with Crippen LogP contribution in [0.2, 0.25) is 5.02 Å². The summed E-state index contributed by atoms with van der Waals surface area (Å²) in [7, 11) is 0. The predicted octanol–water partition coefficient (Wildman–Crippen LogP) is 0.914. The molecule has 1 unspecified atom stereocenters. The molecule has 0 aliphatic heterocycles. The summed E-state index contributed by atoms with van der Waals surface area (Å²) < 4.78 is 0. The van der Waals surface area contributed by atoms with Gasteiger partial charge in [-0.15, -0.1) is 0 Å². The maximum atomic E-state index is 8.80. The van der Waals surface area contributed by atoms with E-state index in [0.29, 0.717) is 16.3 Å². The number of hydrogen-bond donors (Lipinski definition) is 3. The van der Waals surface area contributed by atoms with E-state index in [4.69, 9.17) is 28.2 Å². The fraction of sp³-hybridized carbons (Fsp3) is 0.250. The van der Waals surface area contributed by atoms with Crippen molar-refractivity contribution in [2.75, 3.05) is 12.3 Å². The van der Waals surface area contributed by atoms with Gasteiger partial charge in [0.15, 0.2) is 0 Å². The van der Waals surface area contributed by atoms with Gasteiger partial charge in [-0.25, -0.2) is 0 Å². The van der Waals surface area contributed by atoms with E-state index >= 15 is 0 Å². The number of aliphatic hydroxyl groups excluding tert-OH is 1. The van der Waals surface area contributed by atoms with E-state index in [1.807, 2.05) is 0 Å². The molecule has 4 heteroatoms. The minimum atomic E-state index is -0.501. The van der Waals surface area contributed by atoms with Crippen molar-refractivity contribution in [2.45, 2.75) is 6.04 Å². The Morgan fingerprint density at radius 3 is 2.67 bits per heavy atom. The molecule has 0 amide bonds. The fourth-order valence-corrected chi connectivity index (χ4v) is 1.36. The Morgan fingerprint density at radius 2 is 2.17 bits per heavy atom. The van der Waals surface area contributed by atoms with Crippen molar-refractivity contribution in [3.63, 3.8) is 0 Å². The third-order valence-corrected chi connectivity index (χ3v) is 1.98. The number of rotatable bonds is 2. The highest BCUT2D eigenvalue weighted by molar-refractivity contribution is 6.31. The SMILES string of the molecule is Nc1cccc(Cl)c1C(N)CO. The Morgan fingerprint density at radius 1 is 1.50 bits per heavy atom. The normalized spacial score (nSPS) is 12.9. The molecule has 12 heavy (non-hydrogen) atoms. The molecular weight excluding hydrogens is 176 g/mol. The van der Waals surface area contributed by atoms with Gasteiger partial charge in [0, 0.05) is 16.3 Å². The van der Waals surface area contributed by atoms with Crippen LogP contribution < -0.4 is 11.5 Å². The maximum absolute atomic E-state index is 8.80. The number of aliphatic hydroxyl groups is 1. The molecule has 66 valence electrons. The summed E-state index contributed by atoms with van der Waals surface area (Å²) in [5.74, 6) is 0. The number of anilines is 1. The summed E-state index contributed by atoms with van der Waals surface area (Å²) in [6.45, 7) is -0.159. The summed E-state index contributed by atoms with van der Waals surface area (Å²) in [5, 5.41) is 9.29. The molecule has 3 nitrogen and oxygen atoms in total. The van der Waals surface area contributed by atoms with Crippen LogP contribution in [0.25, 0.3) is 0 Å². The highest BCUT2D eigenvalue weighted by Crippen LogP contribution is 2.26. The quantitative estimate of drug-likeness (QED) is 0.602. The topological polar surface area (TPSA) is 72.3 Å². The monoisotopic (exact) mass is 186 g/mol. The van der Waals surface area contributed by atoms with Gasteiger partial charge >= 0.3 is 0 Å². The van der Waals surface area contributed by atoms with Crippen LogP contribution in [-0.2, 0) is 0 Å². The summed E-state index contributed by atoms with van der Waals surface area (Å²) >= 11 is 5.83. The highest BCUT2D eigenvalue weighted by atomic mass is 35.5. The van der Waals surface area contributed by atoms with Gasteiger partial charge in [-0.1, -0.05) is 17.7 Å². The third-order valence-electron chi connectivity index (χ3n) is 1.65. The van der Waals surface area contributed by atoms with Crippen molar-refractivity contribution in [2.24, 2.45) is 5.73 Å². The molecule has 0 spiro atoms. The van der Waals surface area contributed by atoms with E-state index in [9.17, 15) is 0 Å². The summed E-state index contributed by atoms with van der Waals surface area (Å²) in [6.07, 6.45) is 0. The molecular formula is C8H11ClN2O. The average molecular weight is 187 g/mol. The second kappa shape index (κ2) is 3.76. The largest absolute Gasteiger partial charge is 0.398 e. The Balaban J connectivity index is 3.12. The molecule has 0 radical (unpaired) electrons. The van der Waals surface area contributed by atoms with Crippen LogP contribution in [0, 0.1) is 0 Å². The van der Waals surface area contributed by atoms with Crippen molar-refractivity contribution in [1.82, 2.24) is 0 Å². The Bertz CT molecular complexity index is 258. The van der Waals surface area contributed by atoms with Crippen LogP contribution in [0.5, 0.6) is 0 Å². The van der Waals surface area contributed by atoms with Gasteiger partial charge in [-0.2, -0.15) is 0 Å². The first kappa shape index (κ1) is 9.32. The van der Waals surface area contributed by atoms with Gasteiger partial charge in [0.2, 0.25) is 0 Å². The lowest BCUT2D eigenvalue weighted by Gasteiger charge is -2.12. The molecule has 1 aromatic rings. The van der Waals surface area contributed by atoms with E-state index in [1.165, 1.54) is 0 Å². The zero-order valence-electron chi connectivity index (χ0n) is 6.50. The standard InChI is InChI=1S/C8H11ClN2O/c9-5-2-1-3-6(10)8(5)7(11)4-12/h1-3,7,12H,4,10-11H2. The van der Waals surface area contributed by atoms with Gasteiger partial charge in [-0.05, 0) is 12.1 Å². The molecule has 0 aliphatic rings. The van der Waals surface area contributed by atoms with E-state index in [0.717, 1.165) is 0 Å². The molecule has 0 saturated heterocycles. The minimum absolute atomic E-state index is 0.159. The predicted molar refractivity (Wildman–Crippen MR) is 49.9 cm³/mol.